The first kappa shape index (κ1) is 13.4. The van der Waals surface area contributed by atoms with E-state index in [1.54, 1.807) is 30.4 Å². The van der Waals surface area contributed by atoms with E-state index in [4.69, 9.17) is 4.74 Å². The summed E-state index contributed by atoms with van der Waals surface area (Å²) in [7, 11) is 1.79. The molecule has 0 unspecified atom stereocenters. The van der Waals surface area contributed by atoms with Gasteiger partial charge >= 0.3 is 0 Å². The Morgan fingerprint density at radius 3 is 2.90 bits per heavy atom. The molecular formula is C15H16N4O2. The highest BCUT2D eigenvalue weighted by molar-refractivity contribution is 5.97. The summed E-state index contributed by atoms with van der Waals surface area (Å²) >= 11 is 0. The van der Waals surface area contributed by atoms with Gasteiger partial charge in [0.2, 0.25) is 0 Å². The number of hydrogen-bond donors (Lipinski definition) is 1. The van der Waals surface area contributed by atoms with Crippen LogP contribution >= 0.6 is 0 Å². The lowest BCUT2D eigenvalue weighted by Crippen LogP contribution is -2.32. The smallest absolute Gasteiger partial charge is 0.258 e. The molecule has 0 fully saturated rings. The molecule has 0 aliphatic carbocycles. The van der Waals surface area contributed by atoms with Crippen LogP contribution in [0.25, 0.3) is 0 Å². The van der Waals surface area contributed by atoms with E-state index in [9.17, 15) is 4.79 Å². The molecule has 1 aromatic carbocycles. The van der Waals surface area contributed by atoms with E-state index < -0.39 is 0 Å². The topological polar surface area (TPSA) is 67.3 Å². The van der Waals surface area contributed by atoms with Gasteiger partial charge in [0.25, 0.3) is 5.91 Å². The van der Waals surface area contributed by atoms with Crippen LogP contribution in [0.3, 0.4) is 0 Å². The molecule has 6 nitrogen and oxygen atoms in total. The molecule has 21 heavy (non-hydrogen) atoms. The molecule has 1 aliphatic heterocycles. The second-order valence-electron chi connectivity index (χ2n) is 4.71. The second kappa shape index (κ2) is 5.78. The maximum Gasteiger partial charge on any atom is 0.258 e. The molecule has 0 saturated heterocycles. The molecule has 3 rings (SSSR count). The Morgan fingerprint density at radius 2 is 2.14 bits per heavy atom. The lowest BCUT2D eigenvalue weighted by molar-refractivity contribution is 0.0740. The summed E-state index contributed by atoms with van der Waals surface area (Å²) in [5.74, 6) is 1.30. The molecule has 1 amide bonds. The van der Waals surface area contributed by atoms with Gasteiger partial charge in [0.15, 0.2) is 0 Å². The standard InChI is InChI=1S/C15H16N4O2/c1-16-14-9-17-11(8-18-14)10-19-6-7-21-13-5-3-2-4-12(13)15(19)20/h2-5,8-9H,6-7,10H2,1H3,(H,16,18). The summed E-state index contributed by atoms with van der Waals surface area (Å²) in [6.45, 7) is 1.43. The van der Waals surface area contributed by atoms with E-state index in [-0.39, 0.29) is 5.91 Å². The molecule has 108 valence electrons. The predicted molar refractivity (Wildman–Crippen MR) is 78.3 cm³/mol. The number of carbonyl (C=O) groups excluding carboxylic acids is 1. The zero-order valence-corrected chi connectivity index (χ0v) is 11.7. The monoisotopic (exact) mass is 284 g/mol. The Bertz CT molecular complexity index is 642. The molecule has 0 spiro atoms. The number of nitrogens with one attached hydrogen (secondary N) is 1. The number of benzene rings is 1. The van der Waals surface area contributed by atoms with Crippen LogP contribution in [-0.2, 0) is 6.54 Å². The molecule has 0 bridgehead atoms. The van der Waals surface area contributed by atoms with E-state index in [1.165, 1.54) is 0 Å². The van der Waals surface area contributed by atoms with Crippen LogP contribution in [0.5, 0.6) is 5.75 Å². The van der Waals surface area contributed by atoms with Crippen molar-refractivity contribution in [3.63, 3.8) is 0 Å². The number of para-hydroxylation sites is 1. The van der Waals surface area contributed by atoms with Gasteiger partial charge in [-0.3, -0.25) is 9.78 Å². The van der Waals surface area contributed by atoms with Crippen LogP contribution < -0.4 is 10.1 Å². The van der Waals surface area contributed by atoms with Gasteiger partial charge in [-0.25, -0.2) is 4.98 Å². The summed E-state index contributed by atoms with van der Waals surface area (Å²) in [6, 6.07) is 7.30. The van der Waals surface area contributed by atoms with Crippen molar-refractivity contribution < 1.29 is 9.53 Å². The molecule has 1 aromatic heterocycles. The van der Waals surface area contributed by atoms with Crippen LogP contribution in [0.4, 0.5) is 5.82 Å². The fourth-order valence-corrected chi connectivity index (χ4v) is 2.22. The van der Waals surface area contributed by atoms with Gasteiger partial charge in [-0.05, 0) is 12.1 Å². The molecule has 1 aliphatic rings. The van der Waals surface area contributed by atoms with E-state index >= 15 is 0 Å². The quantitative estimate of drug-likeness (QED) is 0.926. The van der Waals surface area contributed by atoms with Crippen LogP contribution in [0.2, 0.25) is 0 Å². The van der Waals surface area contributed by atoms with E-state index in [2.05, 4.69) is 15.3 Å². The summed E-state index contributed by atoms with van der Waals surface area (Å²) in [4.78, 5) is 22.8. The van der Waals surface area contributed by atoms with Gasteiger partial charge in [-0.15, -0.1) is 0 Å². The number of amides is 1. The van der Waals surface area contributed by atoms with E-state index in [1.807, 2.05) is 18.2 Å². The van der Waals surface area contributed by atoms with Crippen LogP contribution in [0.1, 0.15) is 16.1 Å². The maximum atomic E-state index is 12.5. The third-order valence-electron chi connectivity index (χ3n) is 3.34. The largest absolute Gasteiger partial charge is 0.491 e. The van der Waals surface area contributed by atoms with Crippen molar-refractivity contribution in [3.8, 4) is 5.75 Å². The minimum Gasteiger partial charge on any atom is -0.491 e. The predicted octanol–water partition coefficient (Wildman–Crippen LogP) is 1.55. The fraction of sp³-hybridized carbons (Fsp3) is 0.267. The van der Waals surface area contributed by atoms with Crippen molar-refractivity contribution in [3.05, 3.63) is 47.9 Å². The highest BCUT2D eigenvalue weighted by Gasteiger charge is 2.23. The molecule has 2 aromatic rings. The number of ether oxygens (including phenoxy) is 1. The minimum atomic E-state index is -0.0393. The third-order valence-corrected chi connectivity index (χ3v) is 3.34. The minimum absolute atomic E-state index is 0.0393. The summed E-state index contributed by atoms with van der Waals surface area (Å²) in [5, 5.41) is 2.92. The molecule has 0 saturated carbocycles. The summed E-state index contributed by atoms with van der Waals surface area (Å²) in [6.07, 6.45) is 3.33. The second-order valence-corrected chi connectivity index (χ2v) is 4.71. The lowest BCUT2D eigenvalue weighted by Gasteiger charge is -2.19. The van der Waals surface area contributed by atoms with Crippen LogP contribution in [-0.4, -0.2) is 41.0 Å². The maximum absolute atomic E-state index is 12.5. The third kappa shape index (κ3) is 2.79. The Labute approximate surface area is 122 Å². The molecule has 6 heteroatoms. The first-order chi connectivity index (χ1) is 10.3. The molecular weight excluding hydrogens is 268 g/mol. The average molecular weight is 284 g/mol. The first-order valence-electron chi connectivity index (χ1n) is 6.77. The molecule has 0 radical (unpaired) electrons. The zero-order chi connectivity index (χ0) is 14.7. The highest BCUT2D eigenvalue weighted by Crippen LogP contribution is 2.23. The number of carbonyl (C=O) groups is 1. The lowest BCUT2D eigenvalue weighted by atomic mass is 10.2. The van der Waals surface area contributed by atoms with Crippen LogP contribution in [0.15, 0.2) is 36.7 Å². The Hall–Kier alpha value is -2.63. The number of anilines is 1. The Balaban J connectivity index is 1.80. The van der Waals surface area contributed by atoms with Crippen molar-refractivity contribution in [1.29, 1.82) is 0 Å². The number of rotatable bonds is 3. The Morgan fingerprint density at radius 1 is 1.29 bits per heavy atom. The Kier molecular flexibility index (Phi) is 3.68. The van der Waals surface area contributed by atoms with Gasteiger partial charge in [-0.1, -0.05) is 12.1 Å². The van der Waals surface area contributed by atoms with Crippen molar-refractivity contribution in [1.82, 2.24) is 14.9 Å². The highest BCUT2D eigenvalue weighted by atomic mass is 16.5. The van der Waals surface area contributed by atoms with Crippen molar-refractivity contribution in [2.24, 2.45) is 0 Å². The average Bonchev–Trinajstić information content (AvgIpc) is 2.69. The van der Waals surface area contributed by atoms with Crippen LogP contribution in [0, 0.1) is 0 Å². The van der Waals surface area contributed by atoms with Gasteiger partial charge in [0, 0.05) is 7.05 Å². The molecule has 1 N–H and O–H groups in total. The van der Waals surface area contributed by atoms with Crippen molar-refractivity contribution in [2.75, 3.05) is 25.5 Å². The number of nitrogens with zero attached hydrogens (tertiary/aromatic N) is 3. The number of hydrogen-bond acceptors (Lipinski definition) is 5. The zero-order valence-electron chi connectivity index (χ0n) is 11.7. The van der Waals surface area contributed by atoms with Crippen molar-refractivity contribution in [2.45, 2.75) is 6.54 Å². The summed E-state index contributed by atoms with van der Waals surface area (Å²) < 4.78 is 5.61. The van der Waals surface area contributed by atoms with Crippen molar-refractivity contribution >= 4 is 11.7 Å². The van der Waals surface area contributed by atoms with Gasteiger partial charge in [-0.2, -0.15) is 0 Å². The first-order valence-corrected chi connectivity index (χ1v) is 6.77. The fourth-order valence-electron chi connectivity index (χ4n) is 2.22. The van der Waals surface area contributed by atoms with Gasteiger partial charge in [0.1, 0.15) is 18.2 Å². The normalized spacial score (nSPS) is 14.1. The van der Waals surface area contributed by atoms with E-state index in [0.29, 0.717) is 36.8 Å². The molecule has 2 heterocycles. The van der Waals surface area contributed by atoms with Gasteiger partial charge in [0.05, 0.1) is 36.7 Å². The van der Waals surface area contributed by atoms with Gasteiger partial charge < -0.3 is 15.0 Å². The summed E-state index contributed by atoms with van der Waals surface area (Å²) in [5.41, 5.74) is 1.34. The number of fused-ring (bicyclic) bond motifs is 1. The number of aromatic nitrogens is 2. The van der Waals surface area contributed by atoms with E-state index in [0.717, 1.165) is 5.69 Å². The SMILES string of the molecule is CNc1cnc(CN2CCOc3ccccc3C2=O)cn1. The molecule has 0 atom stereocenters.